The molecule has 3 fully saturated rings. The zero-order chi connectivity index (χ0) is 13.8. The molecular formula is C13H22O6. The minimum Gasteiger partial charge on any atom is -0.390 e. The van der Waals surface area contributed by atoms with E-state index in [0.717, 1.165) is 0 Å². The molecule has 0 radical (unpaired) electrons. The molecule has 1 unspecified atom stereocenters. The van der Waals surface area contributed by atoms with Crippen molar-refractivity contribution < 1.29 is 28.8 Å². The van der Waals surface area contributed by atoms with E-state index in [1.165, 1.54) is 0 Å². The van der Waals surface area contributed by atoms with E-state index in [9.17, 15) is 5.11 Å². The fourth-order valence-electron chi connectivity index (χ4n) is 2.91. The highest BCUT2D eigenvalue weighted by Gasteiger charge is 2.52. The lowest BCUT2D eigenvalue weighted by Gasteiger charge is -2.36. The van der Waals surface area contributed by atoms with Gasteiger partial charge < -0.3 is 28.8 Å². The molecule has 0 amide bonds. The van der Waals surface area contributed by atoms with Gasteiger partial charge in [0, 0.05) is 6.42 Å². The fourth-order valence-corrected chi connectivity index (χ4v) is 2.91. The highest BCUT2D eigenvalue weighted by atomic mass is 16.8. The molecule has 6 nitrogen and oxygen atoms in total. The summed E-state index contributed by atoms with van der Waals surface area (Å²) in [6, 6.07) is 0. The molecule has 0 aromatic rings. The normalized spacial score (nSPS) is 48.2. The Hall–Kier alpha value is -0.240. The molecule has 0 saturated carbocycles. The van der Waals surface area contributed by atoms with Crippen LogP contribution >= 0.6 is 0 Å². The Kier molecular flexibility index (Phi) is 3.16. The summed E-state index contributed by atoms with van der Waals surface area (Å²) in [5.74, 6) is -1.30. The third kappa shape index (κ3) is 2.66. The Balaban J connectivity index is 1.68. The van der Waals surface area contributed by atoms with Crippen molar-refractivity contribution in [3.63, 3.8) is 0 Å². The summed E-state index contributed by atoms with van der Waals surface area (Å²) in [6.45, 7) is 7.80. The highest BCUT2D eigenvalue weighted by Crippen LogP contribution is 2.38. The lowest BCUT2D eigenvalue weighted by atomic mass is 9.99. The third-order valence-corrected chi connectivity index (χ3v) is 3.68. The van der Waals surface area contributed by atoms with Crippen LogP contribution in [0.2, 0.25) is 0 Å². The van der Waals surface area contributed by atoms with Crippen LogP contribution in [-0.2, 0) is 23.7 Å². The van der Waals surface area contributed by atoms with Crippen molar-refractivity contribution in [2.24, 2.45) is 0 Å². The fraction of sp³-hybridized carbons (Fsp3) is 1.00. The average molecular weight is 274 g/mol. The quantitative estimate of drug-likeness (QED) is 0.761. The summed E-state index contributed by atoms with van der Waals surface area (Å²) >= 11 is 0. The molecular weight excluding hydrogens is 252 g/mol. The number of aliphatic hydroxyl groups excluding tert-OH is 1. The van der Waals surface area contributed by atoms with Crippen molar-refractivity contribution >= 4 is 0 Å². The van der Waals surface area contributed by atoms with Crippen LogP contribution in [0.4, 0.5) is 0 Å². The Bertz CT molecular complexity index is 355. The second-order valence-corrected chi connectivity index (χ2v) is 6.31. The van der Waals surface area contributed by atoms with Gasteiger partial charge in [0.05, 0.1) is 12.7 Å². The van der Waals surface area contributed by atoms with Crippen LogP contribution < -0.4 is 0 Å². The van der Waals surface area contributed by atoms with Crippen LogP contribution in [0.25, 0.3) is 0 Å². The predicted molar refractivity (Wildman–Crippen MR) is 64.2 cm³/mol. The Morgan fingerprint density at radius 2 is 1.63 bits per heavy atom. The van der Waals surface area contributed by atoms with Crippen LogP contribution in [0.1, 0.15) is 34.1 Å². The van der Waals surface area contributed by atoms with E-state index in [1.807, 2.05) is 27.7 Å². The standard InChI is InChI=1S/C13H22O6/c1-12(2)15-6-9(18-12)10-7(14)5-8-11(16-10)19-13(3,4)17-8/h7-11,14H,5-6H2,1-4H3/t7-,8-,9?,10+,11-/m1/s1. The number of hydrogen-bond donors (Lipinski definition) is 1. The van der Waals surface area contributed by atoms with E-state index in [2.05, 4.69) is 0 Å². The first-order valence-corrected chi connectivity index (χ1v) is 6.77. The second-order valence-electron chi connectivity index (χ2n) is 6.31. The first-order valence-electron chi connectivity index (χ1n) is 6.77. The maximum absolute atomic E-state index is 10.2. The van der Waals surface area contributed by atoms with Crippen molar-refractivity contribution in [3.8, 4) is 0 Å². The SMILES string of the molecule is CC1(C)OCC([C@H]2O[C@@H]3OC(C)(C)O[C@@H]3C[C@H]2O)O1. The molecule has 19 heavy (non-hydrogen) atoms. The second kappa shape index (κ2) is 4.38. The van der Waals surface area contributed by atoms with Gasteiger partial charge in [0.15, 0.2) is 17.9 Å². The molecule has 110 valence electrons. The van der Waals surface area contributed by atoms with E-state index in [0.29, 0.717) is 13.0 Å². The molecule has 0 bridgehead atoms. The topological polar surface area (TPSA) is 66.4 Å². The molecule has 3 aliphatic heterocycles. The van der Waals surface area contributed by atoms with E-state index < -0.39 is 30.1 Å². The molecule has 5 atom stereocenters. The van der Waals surface area contributed by atoms with Gasteiger partial charge in [-0.2, -0.15) is 0 Å². The summed E-state index contributed by atoms with van der Waals surface area (Å²) in [6.07, 6.45) is -1.55. The van der Waals surface area contributed by atoms with Crippen molar-refractivity contribution in [1.29, 1.82) is 0 Å². The monoisotopic (exact) mass is 274 g/mol. The maximum atomic E-state index is 10.2. The van der Waals surface area contributed by atoms with Crippen LogP contribution in [-0.4, -0.2) is 54.0 Å². The van der Waals surface area contributed by atoms with E-state index in [4.69, 9.17) is 23.7 Å². The summed E-state index contributed by atoms with van der Waals surface area (Å²) in [4.78, 5) is 0. The predicted octanol–water partition coefficient (Wildman–Crippen LogP) is 0.765. The number of hydrogen-bond acceptors (Lipinski definition) is 6. The van der Waals surface area contributed by atoms with Crippen molar-refractivity contribution in [2.45, 2.75) is 76.4 Å². The number of ether oxygens (including phenoxy) is 5. The van der Waals surface area contributed by atoms with Gasteiger partial charge in [-0.05, 0) is 27.7 Å². The smallest absolute Gasteiger partial charge is 0.187 e. The Morgan fingerprint density at radius 1 is 0.947 bits per heavy atom. The molecule has 0 aromatic carbocycles. The van der Waals surface area contributed by atoms with Gasteiger partial charge in [0.1, 0.15) is 18.3 Å². The maximum Gasteiger partial charge on any atom is 0.187 e. The van der Waals surface area contributed by atoms with Crippen molar-refractivity contribution in [1.82, 2.24) is 0 Å². The van der Waals surface area contributed by atoms with E-state index in [1.54, 1.807) is 0 Å². The zero-order valence-electron chi connectivity index (χ0n) is 11.8. The van der Waals surface area contributed by atoms with Gasteiger partial charge >= 0.3 is 0 Å². The van der Waals surface area contributed by atoms with Crippen molar-refractivity contribution in [2.75, 3.05) is 6.61 Å². The molecule has 0 aromatic heterocycles. The van der Waals surface area contributed by atoms with Gasteiger partial charge in [0.2, 0.25) is 0 Å². The molecule has 3 heterocycles. The molecule has 6 heteroatoms. The van der Waals surface area contributed by atoms with E-state index >= 15 is 0 Å². The zero-order valence-corrected chi connectivity index (χ0v) is 11.8. The molecule has 0 spiro atoms. The largest absolute Gasteiger partial charge is 0.390 e. The van der Waals surface area contributed by atoms with Crippen LogP contribution in [0.15, 0.2) is 0 Å². The molecule has 0 aliphatic carbocycles. The van der Waals surface area contributed by atoms with E-state index in [-0.39, 0.29) is 12.2 Å². The number of aliphatic hydroxyl groups is 1. The lowest BCUT2D eigenvalue weighted by molar-refractivity contribution is -0.253. The van der Waals surface area contributed by atoms with Crippen LogP contribution in [0.5, 0.6) is 0 Å². The van der Waals surface area contributed by atoms with Gasteiger partial charge in [-0.15, -0.1) is 0 Å². The summed E-state index contributed by atoms with van der Waals surface area (Å²) in [7, 11) is 0. The minimum absolute atomic E-state index is 0.225. The Labute approximate surface area is 112 Å². The lowest BCUT2D eigenvalue weighted by Crippen LogP contribution is -2.52. The minimum atomic E-state index is -0.670. The molecule has 1 N–H and O–H groups in total. The van der Waals surface area contributed by atoms with Gasteiger partial charge in [-0.3, -0.25) is 0 Å². The highest BCUT2D eigenvalue weighted by molar-refractivity contribution is 4.92. The Morgan fingerprint density at radius 3 is 2.26 bits per heavy atom. The molecule has 3 saturated heterocycles. The summed E-state index contributed by atoms with van der Waals surface area (Å²) < 4.78 is 28.5. The molecule has 3 rings (SSSR count). The van der Waals surface area contributed by atoms with Crippen LogP contribution in [0.3, 0.4) is 0 Å². The molecule has 3 aliphatic rings. The first-order chi connectivity index (χ1) is 8.76. The van der Waals surface area contributed by atoms with Gasteiger partial charge in [0.25, 0.3) is 0 Å². The number of rotatable bonds is 1. The van der Waals surface area contributed by atoms with Crippen LogP contribution in [0, 0.1) is 0 Å². The summed E-state index contributed by atoms with van der Waals surface area (Å²) in [5.41, 5.74) is 0. The first kappa shape index (κ1) is 13.7. The van der Waals surface area contributed by atoms with Gasteiger partial charge in [-0.25, -0.2) is 0 Å². The summed E-state index contributed by atoms with van der Waals surface area (Å²) in [5, 5.41) is 10.2. The van der Waals surface area contributed by atoms with Crippen molar-refractivity contribution in [3.05, 3.63) is 0 Å². The average Bonchev–Trinajstić information content (AvgIpc) is 2.75. The number of fused-ring (bicyclic) bond motifs is 1. The third-order valence-electron chi connectivity index (χ3n) is 3.68. The van der Waals surface area contributed by atoms with Gasteiger partial charge in [-0.1, -0.05) is 0 Å².